The van der Waals surface area contributed by atoms with Crippen LogP contribution in [-0.2, 0) is 22.4 Å². The average molecular weight is 994 g/mol. The zero-order valence-electron chi connectivity index (χ0n) is 32.0. The van der Waals surface area contributed by atoms with Crippen molar-refractivity contribution in [1.29, 1.82) is 0 Å². The fraction of sp³-hybridized carbons (Fsp3) is 0.0769. The van der Waals surface area contributed by atoms with E-state index in [0.717, 1.165) is 0 Å². The van der Waals surface area contributed by atoms with Crippen molar-refractivity contribution in [3.63, 3.8) is 0 Å². The number of benzene rings is 8. The molecule has 0 heterocycles. The van der Waals surface area contributed by atoms with Crippen molar-refractivity contribution < 1.29 is 22.4 Å². The number of hydrogen-bond acceptors (Lipinski definition) is 0. The van der Waals surface area contributed by atoms with Gasteiger partial charge in [-0.3, -0.25) is 0 Å². The third kappa shape index (κ3) is 12.6. The molecular weight excluding hydrogens is 945 g/mol. The first-order valence-corrected chi connectivity index (χ1v) is 25.4. The molecule has 0 amide bonds. The van der Waals surface area contributed by atoms with Crippen LogP contribution in [0.1, 0.15) is 0 Å². The number of hydrogen-bond donors (Lipinski definition) is 0. The van der Waals surface area contributed by atoms with E-state index < -0.39 is 0 Å². The Hall–Kier alpha value is -3.78. The molecule has 1 radical (unpaired) electrons. The Kier molecular flexibility index (Phi) is 17.7. The van der Waals surface area contributed by atoms with Crippen LogP contribution in [0.3, 0.4) is 0 Å². The van der Waals surface area contributed by atoms with Crippen LogP contribution in [0.25, 0.3) is 0 Å². The molecule has 0 saturated heterocycles. The van der Waals surface area contributed by atoms with Crippen molar-refractivity contribution in [2.45, 2.75) is 0 Å². The molecule has 0 bridgehead atoms. The molecule has 8 rings (SSSR count). The zero-order valence-corrected chi connectivity index (χ0v) is 37.8. The van der Waals surface area contributed by atoms with Gasteiger partial charge in [-0.15, -0.1) is 0 Å². The van der Waals surface area contributed by atoms with Gasteiger partial charge < -0.3 is 0 Å². The van der Waals surface area contributed by atoms with Gasteiger partial charge in [0.1, 0.15) is 0 Å². The Morgan fingerprint density at radius 3 is 0.386 bits per heavy atom. The predicted octanol–water partition coefficient (Wildman–Crippen LogP) is 10.5. The topological polar surface area (TPSA) is 0 Å². The minimum absolute atomic E-state index is 0. The molecule has 287 valence electrons. The van der Waals surface area contributed by atoms with Crippen molar-refractivity contribution >= 4 is 74.1 Å². The van der Waals surface area contributed by atoms with Crippen molar-refractivity contribution in [1.82, 2.24) is 0 Å². The third-order valence-electron chi connectivity index (χ3n) is 9.64. The molecule has 0 unspecified atom stereocenters. The molecule has 57 heavy (non-hydrogen) atoms. The molecule has 5 heteroatoms. The largest absolute Gasteiger partial charge is 0.0622 e. The van der Waals surface area contributed by atoms with E-state index in [9.17, 15) is 0 Å². The molecule has 0 aliphatic heterocycles. The quantitative estimate of drug-likeness (QED) is 0.0752. The SMILES string of the molecule is [Au].c1ccc(P(CCP(c2ccccc2)c2ccccc2)c2ccccc2)cc1.c1ccc(P(CCP(c2ccccc2)c2ccccc2)c2ccccc2)cc1. The van der Waals surface area contributed by atoms with E-state index in [1.54, 1.807) is 0 Å². The molecule has 0 aliphatic rings. The maximum Gasteiger partial charge on any atom is 0 e. The van der Waals surface area contributed by atoms with Crippen LogP contribution in [0, 0.1) is 0 Å². The molecule has 0 aliphatic carbocycles. The molecule has 0 nitrogen and oxygen atoms in total. The monoisotopic (exact) mass is 993 g/mol. The molecular formula is C52H48AuP4. The van der Waals surface area contributed by atoms with Gasteiger partial charge in [0, 0.05) is 22.4 Å². The van der Waals surface area contributed by atoms with E-state index in [4.69, 9.17) is 0 Å². The minimum Gasteiger partial charge on any atom is -0.0622 e. The molecule has 0 saturated carbocycles. The average Bonchev–Trinajstić information content (AvgIpc) is 3.29. The first-order chi connectivity index (χ1) is 27.8. The zero-order chi connectivity index (χ0) is 38.0. The number of rotatable bonds is 14. The normalized spacial score (nSPS) is 10.9. The van der Waals surface area contributed by atoms with E-state index in [-0.39, 0.29) is 54.1 Å². The summed E-state index contributed by atoms with van der Waals surface area (Å²) in [4.78, 5) is 0. The maximum atomic E-state index is 2.30. The summed E-state index contributed by atoms with van der Waals surface area (Å²) in [6, 6.07) is 88.4. The second kappa shape index (κ2) is 23.6. The Morgan fingerprint density at radius 2 is 0.281 bits per heavy atom. The summed E-state index contributed by atoms with van der Waals surface area (Å²) >= 11 is 0. The maximum absolute atomic E-state index is 2.30. The second-order valence-corrected chi connectivity index (χ2v) is 22.6. The van der Waals surface area contributed by atoms with E-state index in [1.165, 1.54) is 67.1 Å². The molecule has 8 aromatic rings. The summed E-state index contributed by atoms with van der Waals surface area (Å²) in [5.41, 5.74) is 0. The Balaban J connectivity index is 0.000000189. The van der Waals surface area contributed by atoms with Gasteiger partial charge in [-0.2, -0.15) is 0 Å². The Labute approximate surface area is 361 Å². The van der Waals surface area contributed by atoms with Crippen molar-refractivity contribution in [3.8, 4) is 0 Å². The van der Waals surface area contributed by atoms with Crippen LogP contribution >= 0.6 is 31.7 Å². The Bertz CT molecular complexity index is 1760. The van der Waals surface area contributed by atoms with Gasteiger partial charge in [-0.1, -0.05) is 243 Å². The van der Waals surface area contributed by atoms with E-state index in [0.29, 0.717) is 0 Å². The van der Waals surface area contributed by atoms with E-state index in [1.807, 2.05) is 0 Å². The molecule has 0 fully saturated rings. The molecule has 0 spiro atoms. The standard InChI is InChI=1S/2C26H24P2.Au/c2*1-5-13-23(14-6-1)27(24-15-7-2-8-16-24)21-22-28(25-17-9-3-10-18-25)26-19-11-4-12-20-26;/h2*1-20H,21-22H2;. The molecule has 0 aromatic heterocycles. The third-order valence-corrected chi connectivity index (χ3v) is 20.4. The molecule has 0 N–H and O–H groups in total. The molecule has 0 atom stereocenters. The first-order valence-electron chi connectivity index (χ1n) is 19.3. The van der Waals surface area contributed by atoms with Crippen LogP contribution in [0.2, 0.25) is 0 Å². The van der Waals surface area contributed by atoms with Gasteiger partial charge in [0.2, 0.25) is 0 Å². The first kappa shape index (κ1) is 42.8. The van der Waals surface area contributed by atoms with Crippen LogP contribution in [0.4, 0.5) is 0 Å². The van der Waals surface area contributed by atoms with Gasteiger partial charge in [0.15, 0.2) is 0 Å². The van der Waals surface area contributed by atoms with Gasteiger partial charge in [0.05, 0.1) is 0 Å². The Morgan fingerprint density at radius 1 is 0.175 bits per heavy atom. The van der Waals surface area contributed by atoms with Gasteiger partial charge in [-0.05, 0) is 98.8 Å². The summed E-state index contributed by atoms with van der Waals surface area (Å²) in [7, 11) is -1.39. The fourth-order valence-corrected chi connectivity index (χ4v) is 17.6. The van der Waals surface area contributed by atoms with E-state index >= 15 is 0 Å². The van der Waals surface area contributed by atoms with Gasteiger partial charge >= 0.3 is 0 Å². The summed E-state index contributed by atoms with van der Waals surface area (Å²) < 4.78 is 0. The van der Waals surface area contributed by atoms with Gasteiger partial charge in [-0.25, -0.2) is 0 Å². The van der Waals surface area contributed by atoms with Crippen molar-refractivity contribution in [2.75, 3.05) is 24.6 Å². The van der Waals surface area contributed by atoms with Crippen LogP contribution in [0.5, 0.6) is 0 Å². The predicted molar refractivity (Wildman–Crippen MR) is 256 cm³/mol. The summed E-state index contributed by atoms with van der Waals surface area (Å²) in [6.07, 6.45) is 4.83. The van der Waals surface area contributed by atoms with E-state index in [2.05, 4.69) is 243 Å². The van der Waals surface area contributed by atoms with Crippen molar-refractivity contribution in [3.05, 3.63) is 243 Å². The van der Waals surface area contributed by atoms with Crippen LogP contribution in [-0.4, -0.2) is 24.6 Å². The van der Waals surface area contributed by atoms with Crippen LogP contribution in [0.15, 0.2) is 243 Å². The molecule has 8 aromatic carbocycles. The van der Waals surface area contributed by atoms with Crippen LogP contribution < -0.4 is 42.4 Å². The van der Waals surface area contributed by atoms with Gasteiger partial charge in [0.25, 0.3) is 0 Å². The summed E-state index contributed by atoms with van der Waals surface area (Å²) in [5.74, 6) is 0. The summed E-state index contributed by atoms with van der Waals surface area (Å²) in [6.45, 7) is 0. The fourth-order valence-electron chi connectivity index (χ4n) is 6.89. The smallest absolute Gasteiger partial charge is 0 e. The second-order valence-electron chi connectivity index (χ2n) is 13.3. The summed E-state index contributed by atoms with van der Waals surface area (Å²) in [5, 5.41) is 11.8. The minimum atomic E-state index is -0.348. The van der Waals surface area contributed by atoms with Crippen molar-refractivity contribution in [2.24, 2.45) is 0 Å².